The fraction of sp³-hybridized carbons (Fsp3) is 0.231. The number of ether oxygens (including phenoxy) is 1. The van der Waals surface area contributed by atoms with E-state index in [1.165, 1.54) is 13.4 Å². The zero-order valence-electron chi connectivity index (χ0n) is 11.3. The molecule has 0 aliphatic carbocycles. The summed E-state index contributed by atoms with van der Waals surface area (Å²) in [5, 5.41) is 0. The van der Waals surface area contributed by atoms with Crippen LogP contribution in [0.4, 0.5) is 10.1 Å². The van der Waals surface area contributed by atoms with E-state index in [1.54, 1.807) is 12.1 Å². The van der Waals surface area contributed by atoms with Crippen LogP contribution in [-0.4, -0.2) is 22.1 Å². The minimum absolute atomic E-state index is 0.0797. The lowest BCUT2D eigenvalue weighted by Gasteiger charge is -2.10. The monoisotopic (exact) mass is 314 g/mol. The molecule has 2 rings (SSSR count). The summed E-state index contributed by atoms with van der Waals surface area (Å²) in [6.07, 6.45) is 1.89. The van der Waals surface area contributed by atoms with Crippen molar-refractivity contribution >= 4 is 15.7 Å². The summed E-state index contributed by atoms with van der Waals surface area (Å²) in [4.78, 5) is -0.252. The van der Waals surface area contributed by atoms with Gasteiger partial charge in [-0.15, -0.1) is 0 Å². The zero-order chi connectivity index (χ0) is 15.5. The van der Waals surface area contributed by atoms with Crippen LogP contribution in [0.5, 0.6) is 5.75 Å². The maximum atomic E-state index is 13.7. The molecule has 114 valence electrons. The molecule has 3 N–H and O–H groups in total. The lowest BCUT2D eigenvalue weighted by atomic mass is 10.3. The Kier molecular flexibility index (Phi) is 4.49. The molecule has 6 nitrogen and oxygen atoms in total. The molecule has 21 heavy (non-hydrogen) atoms. The lowest BCUT2D eigenvalue weighted by molar-refractivity contribution is 0.388. The van der Waals surface area contributed by atoms with Crippen LogP contribution in [0, 0.1) is 5.82 Å². The number of benzene rings is 1. The van der Waals surface area contributed by atoms with Crippen LogP contribution in [-0.2, 0) is 16.4 Å². The summed E-state index contributed by atoms with van der Waals surface area (Å²) in [5.74, 6) is -0.355. The summed E-state index contributed by atoms with van der Waals surface area (Å²) in [7, 11) is -2.60. The van der Waals surface area contributed by atoms with Crippen molar-refractivity contribution < 1.29 is 22.0 Å². The fourth-order valence-corrected chi connectivity index (χ4v) is 2.88. The first-order valence-electron chi connectivity index (χ1n) is 6.09. The van der Waals surface area contributed by atoms with Crippen LogP contribution in [0.15, 0.2) is 39.8 Å². The minimum Gasteiger partial charge on any atom is -0.492 e. The van der Waals surface area contributed by atoms with Gasteiger partial charge >= 0.3 is 0 Å². The van der Waals surface area contributed by atoms with Crippen LogP contribution in [0.25, 0.3) is 0 Å². The maximum Gasteiger partial charge on any atom is 0.240 e. The maximum absolute atomic E-state index is 13.7. The number of nitrogens with two attached hydrogens (primary N) is 1. The molecule has 0 bridgehead atoms. The molecule has 2 aromatic rings. The fourth-order valence-electron chi connectivity index (χ4n) is 1.81. The minimum atomic E-state index is -3.85. The molecule has 1 aromatic heterocycles. The molecular formula is C13H15FN2O4S. The topological polar surface area (TPSA) is 94.6 Å². The number of furan rings is 1. The molecule has 0 aliphatic rings. The van der Waals surface area contributed by atoms with Crippen molar-refractivity contribution in [3.8, 4) is 5.75 Å². The number of hydrogen-bond acceptors (Lipinski definition) is 5. The van der Waals surface area contributed by atoms with Gasteiger partial charge in [0.15, 0.2) is 11.6 Å². The quantitative estimate of drug-likeness (QED) is 0.789. The van der Waals surface area contributed by atoms with Crippen molar-refractivity contribution in [2.45, 2.75) is 11.3 Å². The summed E-state index contributed by atoms with van der Waals surface area (Å²) < 4.78 is 50.0. The number of methoxy groups -OCH3 is 1. The zero-order valence-corrected chi connectivity index (χ0v) is 12.1. The third-order valence-electron chi connectivity index (χ3n) is 2.80. The second-order valence-electron chi connectivity index (χ2n) is 4.25. The molecule has 0 fully saturated rings. The summed E-state index contributed by atoms with van der Waals surface area (Å²) in [6, 6.07) is 5.46. The van der Waals surface area contributed by atoms with Gasteiger partial charge in [-0.1, -0.05) is 0 Å². The number of rotatable bonds is 6. The molecule has 0 spiro atoms. The number of nitrogens with one attached hydrogen (secondary N) is 1. The van der Waals surface area contributed by atoms with Gasteiger partial charge in [0, 0.05) is 13.0 Å². The highest BCUT2D eigenvalue weighted by atomic mass is 32.2. The molecule has 0 atom stereocenters. The van der Waals surface area contributed by atoms with E-state index in [0.717, 1.165) is 12.1 Å². The van der Waals surface area contributed by atoms with Crippen LogP contribution >= 0.6 is 0 Å². The largest absolute Gasteiger partial charge is 0.492 e. The second kappa shape index (κ2) is 6.15. The Morgan fingerprint density at radius 2 is 2.19 bits per heavy atom. The predicted octanol–water partition coefficient (Wildman–Crippen LogP) is 1.53. The van der Waals surface area contributed by atoms with Crippen molar-refractivity contribution in [2.24, 2.45) is 0 Å². The number of halogens is 1. The summed E-state index contributed by atoms with van der Waals surface area (Å²) >= 11 is 0. The van der Waals surface area contributed by atoms with Gasteiger partial charge < -0.3 is 14.9 Å². The Morgan fingerprint density at radius 3 is 2.76 bits per heavy atom. The van der Waals surface area contributed by atoms with Gasteiger partial charge in [0.1, 0.15) is 5.76 Å². The SMILES string of the molecule is COc1c(N)cc(S(=O)(=O)NCCc2ccco2)cc1F. The van der Waals surface area contributed by atoms with E-state index < -0.39 is 15.8 Å². The van der Waals surface area contributed by atoms with Gasteiger partial charge in [0.05, 0.1) is 24.0 Å². The van der Waals surface area contributed by atoms with E-state index in [2.05, 4.69) is 4.72 Å². The normalized spacial score (nSPS) is 11.5. The Balaban J connectivity index is 2.12. The van der Waals surface area contributed by atoms with Gasteiger partial charge in [0.2, 0.25) is 10.0 Å². The highest BCUT2D eigenvalue weighted by molar-refractivity contribution is 7.89. The smallest absolute Gasteiger partial charge is 0.240 e. The van der Waals surface area contributed by atoms with E-state index in [0.29, 0.717) is 12.2 Å². The highest BCUT2D eigenvalue weighted by Gasteiger charge is 2.19. The Hall–Kier alpha value is -2.06. The van der Waals surface area contributed by atoms with E-state index in [-0.39, 0.29) is 22.9 Å². The first-order chi connectivity index (χ1) is 9.94. The average Bonchev–Trinajstić information content (AvgIpc) is 2.91. The van der Waals surface area contributed by atoms with Crippen LogP contribution in [0.3, 0.4) is 0 Å². The molecule has 0 saturated heterocycles. The highest BCUT2D eigenvalue weighted by Crippen LogP contribution is 2.28. The van der Waals surface area contributed by atoms with E-state index in [4.69, 9.17) is 14.9 Å². The average molecular weight is 314 g/mol. The molecule has 0 unspecified atom stereocenters. The van der Waals surface area contributed by atoms with Gasteiger partial charge in [-0.2, -0.15) is 0 Å². The standard InChI is InChI=1S/C13H15FN2O4S/c1-19-13-11(14)7-10(8-12(13)15)21(17,18)16-5-4-9-3-2-6-20-9/h2-3,6-8,16H,4-5,15H2,1H3. The predicted molar refractivity (Wildman–Crippen MR) is 75.0 cm³/mol. The molecule has 0 radical (unpaired) electrons. The Morgan fingerprint density at radius 1 is 1.43 bits per heavy atom. The van der Waals surface area contributed by atoms with Crippen LogP contribution in [0.2, 0.25) is 0 Å². The molecule has 0 saturated carbocycles. The van der Waals surface area contributed by atoms with E-state index in [9.17, 15) is 12.8 Å². The van der Waals surface area contributed by atoms with Crippen molar-refractivity contribution in [1.29, 1.82) is 0 Å². The Bertz CT molecular complexity index is 691. The first-order valence-corrected chi connectivity index (χ1v) is 7.57. The molecule has 1 aromatic carbocycles. The lowest BCUT2D eigenvalue weighted by Crippen LogP contribution is -2.26. The molecular weight excluding hydrogens is 299 g/mol. The molecule has 1 heterocycles. The third-order valence-corrected chi connectivity index (χ3v) is 4.24. The summed E-state index contributed by atoms with van der Waals surface area (Å²) in [5.41, 5.74) is 5.48. The summed E-state index contributed by atoms with van der Waals surface area (Å²) in [6.45, 7) is 0.128. The van der Waals surface area contributed by atoms with E-state index >= 15 is 0 Å². The van der Waals surface area contributed by atoms with Gasteiger partial charge in [0.25, 0.3) is 0 Å². The van der Waals surface area contributed by atoms with Crippen molar-refractivity contribution in [3.63, 3.8) is 0 Å². The van der Waals surface area contributed by atoms with Crippen molar-refractivity contribution in [1.82, 2.24) is 4.72 Å². The molecule has 8 heteroatoms. The number of sulfonamides is 1. The first kappa shape index (κ1) is 15.3. The van der Waals surface area contributed by atoms with Crippen molar-refractivity contribution in [3.05, 3.63) is 42.1 Å². The second-order valence-corrected chi connectivity index (χ2v) is 6.02. The number of nitrogen functional groups attached to an aromatic ring is 1. The van der Waals surface area contributed by atoms with Gasteiger partial charge in [-0.05, 0) is 24.3 Å². The number of anilines is 1. The molecule has 0 aliphatic heterocycles. The van der Waals surface area contributed by atoms with Crippen LogP contribution in [0.1, 0.15) is 5.76 Å². The van der Waals surface area contributed by atoms with E-state index in [1.807, 2.05) is 0 Å². The van der Waals surface area contributed by atoms with Crippen LogP contribution < -0.4 is 15.2 Å². The van der Waals surface area contributed by atoms with Crippen molar-refractivity contribution in [2.75, 3.05) is 19.4 Å². The van der Waals surface area contributed by atoms with Gasteiger partial charge in [-0.25, -0.2) is 17.5 Å². The van der Waals surface area contributed by atoms with Gasteiger partial charge in [-0.3, -0.25) is 0 Å². The Labute approximate surface area is 121 Å². The number of hydrogen-bond donors (Lipinski definition) is 2. The third kappa shape index (κ3) is 3.53. The molecule has 0 amide bonds.